The molecular formula is C25H25N3O4. The Labute approximate surface area is 186 Å². The van der Waals surface area contributed by atoms with Crippen molar-refractivity contribution in [3.8, 4) is 11.5 Å². The Morgan fingerprint density at radius 2 is 1.88 bits per heavy atom. The van der Waals surface area contributed by atoms with Gasteiger partial charge in [-0.15, -0.1) is 0 Å². The number of hydrazone groups is 1. The van der Waals surface area contributed by atoms with Crippen molar-refractivity contribution in [2.24, 2.45) is 11.0 Å². The molecular weight excluding hydrogens is 406 g/mol. The third-order valence-electron chi connectivity index (χ3n) is 5.79. The van der Waals surface area contributed by atoms with E-state index in [2.05, 4.69) is 10.5 Å². The molecule has 7 nitrogen and oxygen atoms in total. The number of phenolic OH excluding ortho intramolecular Hbond substituents is 1. The first-order valence-corrected chi connectivity index (χ1v) is 10.5. The number of amides is 2. The van der Waals surface area contributed by atoms with Crippen LogP contribution in [0.1, 0.15) is 28.8 Å². The second-order valence-electron chi connectivity index (χ2n) is 7.75. The van der Waals surface area contributed by atoms with Gasteiger partial charge in [-0.05, 0) is 47.9 Å². The van der Waals surface area contributed by atoms with E-state index in [1.807, 2.05) is 30.3 Å². The van der Waals surface area contributed by atoms with E-state index in [0.29, 0.717) is 42.8 Å². The Morgan fingerprint density at radius 3 is 2.66 bits per heavy atom. The van der Waals surface area contributed by atoms with Crippen LogP contribution in [0.5, 0.6) is 11.5 Å². The van der Waals surface area contributed by atoms with Gasteiger partial charge in [0, 0.05) is 30.1 Å². The molecule has 0 radical (unpaired) electrons. The molecule has 0 unspecified atom stereocenters. The molecule has 1 fully saturated rings. The minimum atomic E-state index is -0.220. The number of methoxy groups -OCH3 is 1. The predicted octanol–water partition coefficient (Wildman–Crippen LogP) is 3.56. The van der Waals surface area contributed by atoms with Gasteiger partial charge in [0.1, 0.15) is 11.5 Å². The van der Waals surface area contributed by atoms with Crippen molar-refractivity contribution < 1.29 is 19.4 Å². The molecule has 4 rings (SSSR count). The highest BCUT2D eigenvalue weighted by atomic mass is 16.5. The van der Waals surface area contributed by atoms with Crippen LogP contribution in [0, 0.1) is 5.92 Å². The van der Waals surface area contributed by atoms with E-state index in [-0.39, 0.29) is 23.5 Å². The maximum atomic E-state index is 12.7. The van der Waals surface area contributed by atoms with Gasteiger partial charge in [-0.25, -0.2) is 5.43 Å². The fraction of sp³-hybridized carbons (Fsp3) is 0.240. The maximum absolute atomic E-state index is 12.7. The first kappa shape index (κ1) is 21.4. The SMILES string of the molecule is COc1cccc(C(=O)N2CCC(C(=O)N/N=C\c3c(O)ccc4ccccc34)CC2)c1. The number of fused-ring (bicyclic) bond motifs is 1. The van der Waals surface area contributed by atoms with E-state index in [0.717, 1.165) is 10.8 Å². The van der Waals surface area contributed by atoms with Crippen molar-refractivity contribution in [3.63, 3.8) is 0 Å². The summed E-state index contributed by atoms with van der Waals surface area (Å²) in [5, 5.41) is 16.1. The molecule has 1 aliphatic rings. The van der Waals surface area contributed by atoms with Crippen LogP contribution in [0.15, 0.2) is 65.8 Å². The monoisotopic (exact) mass is 431 g/mol. The van der Waals surface area contributed by atoms with Gasteiger partial charge < -0.3 is 14.7 Å². The van der Waals surface area contributed by atoms with Crippen LogP contribution in [0.4, 0.5) is 0 Å². The topological polar surface area (TPSA) is 91.2 Å². The number of phenols is 1. The predicted molar refractivity (Wildman–Crippen MR) is 123 cm³/mol. The van der Waals surface area contributed by atoms with Gasteiger partial charge in [0.15, 0.2) is 0 Å². The van der Waals surface area contributed by atoms with E-state index >= 15 is 0 Å². The van der Waals surface area contributed by atoms with E-state index in [1.165, 1.54) is 6.21 Å². The van der Waals surface area contributed by atoms with Crippen molar-refractivity contribution in [1.29, 1.82) is 0 Å². The van der Waals surface area contributed by atoms with E-state index < -0.39 is 0 Å². The van der Waals surface area contributed by atoms with Crippen LogP contribution in [0.2, 0.25) is 0 Å². The molecule has 2 N–H and O–H groups in total. The number of hydrogen-bond donors (Lipinski definition) is 2. The average molecular weight is 431 g/mol. The number of carbonyl (C=O) groups excluding carboxylic acids is 2. The van der Waals surface area contributed by atoms with Crippen LogP contribution in [0.3, 0.4) is 0 Å². The molecule has 0 atom stereocenters. The summed E-state index contributed by atoms with van der Waals surface area (Å²) in [6.07, 6.45) is 2.60. The molecule has 32 heavy (non-hydrogen) atoms. The van der Waals surface area contributed by atoms with Gasteiger partial charge in [-0.2, -0.15) is 5.10 Å². The normalized spacial score (nSPS) is 14.6. The molecule has 0 spiro atoms. The highest BCUT2D eigenvalue weighted by Crippen LogP contribution is 2.25. The number of nitrogens with one attached hydrogen (secondary N) is 1. The Kier molecular flexibility index (Phi) is 6.35. The number of rotatable bonds is 5. The van der Waals surface area contributed by atoms with Gasteiger partial charge in [0.25, 0.3) is 5.91 Å². The van der Waals surface area contributed by atoms with Crippen molar-refractivity contribution in [2.75, 3.05) is 20.2 Å². The second kappa shape index (κ2) is 9.51. The highest BCUT2D eigenvalue weighted by molar-refractivity contribution is 6.02. The Hall–Kier alpha value is -3.87. The zero-order valence-electron chi connectivity index (χ0n) is 17.8. The first-order valence-electron chi connectivity index (χ1n) is 10.5. The minimum Gasteiger partial charge on any atom is -0.507 e. The lowest BCUT2D eigenvalue weighted by Crippen LogP contribution is -2.42. The summed E-state index contributed by atoms with van der Waals surface area (Å²) in [6.45, 7) is 1.00. The summed E-state index contributed by atoms with van der Waals surface area (Å²) in [6, 6.07) is 18.2. The largest absolute Gasteiger partial charge is 0.507 e. The molecule has 0 saturated carbocycles. The summed E-state index contributed by atoms with van der Waals surface area (Å²) >= 11 is 0. The molecule has 7 heteroatoms. The summed E-state index contributed by atoms with van der Waals surface area (Å²) in [4.78, 5) is 27.1. The summed E-state index contributed by atoms with van der Waals surface area (Å²) in [5.41, 5.74) is 3.72. The minimum absolute atomic E-state index is 0.0628. The number of likely N-dealkylation sites (tertiary alicyclic amines) is 1. The van der Waals surface area contributed by atoms with Crippen molar-refractivity contribution in [2.45, 2.75) is 12.8 Å². The van der Waals surface area contributed by atoms with Crippen LogP contribution in [0.25, 0.3) is 10.8 Å². The number of piperidine rings is 1. The zero-order chi connectivity index (χ0) is 22.5. The molecule has 1 aliphatic heterocycles. The Morgan fingerprint density at radius 1 is 1.09 bits per heavy atom. The zero-order valence-corrected chi connectivity index (χ0v) is 17.8. The summed E-state index contributed by atoms with van der Waals surface area (Å²) in [7, 11) is 1.57. The fourth-order valence-corrected chi connectivity index (χ4v) is 3.95. The van der Waals surface area contributed by atoms with Crippen LogP contribution in [-0.4, -0.2) is 48.2 Å². The lowest BCUT2D eigenvalue weighted by Gasteiger charge is -2.31. The van der Waals surface area contributed by atoms with Crippen molar-refractivity contribution in [3.05, 3.63) is 71.8 Å². The standard InChI is InChI=1S/C25H25N3O4/c1-32-20-7-4-6-19(15-20)25(31)28-13-11-18(12-14-28)24(30)27-26-16-22-21-8-3-2-5-17(21)9-10-23(22)29/h2-10,15-16,18,29H,11-14H2,1H3,(H,27,30)/b26-16-. The van der Waals surface area contributed by atoms with Crippen LogP contribution < -0.4 is 10.2 Å². The van der Waals surface area contributed by atoms with Gasteiger partial charge in [-0.1, -0.05) is 36.4 Å². The molecule has 1 saturated heterocycles. The number of aromatic hydroxyl groups is 1. The van der Waals surface area contributed by atoms with Crippen molar-refractivity contribution in [1.82, 2.24) is 10.3 Å². The quantitative estimate of drug-likeness (QED) is 0.477. The number of hydrogen-bond acceptors (Lipinski definition) is 5. The van der Waals surface area contributed by atoms with Gasteiger partial charge in [-0.3, -0.25) is 9.59 Å². The lowest BCUT2D eigenvalue weighted by molar-refractivity contribution is -0.126. The van der Waals surface area contributed by atoms with Crippen LogP contribution >= 0.6 is 0 Å². The van der Waals surface area contributed by atoms with Gasteiger partial charge in [0.05, 0.1) is 13.3 Å². The van der Waals surface area contributed by atoms with E-state index in [4.69, 9.17) is 4.74 Å². The lowest BCUT2D eigenvalue weighted by atomic mass is 9.95. The summed E-state index contributed by atoms with van der Waals surface area (Å²) < 4.78 is 5.19. The van der Waals surface area contributed by atoms with Crippen molar-refractivity contribution >= 4 is 28.8 Å². The molecule has 3 aromatic carbocycles. The first-order chi connectivity index (χ1) is 15.6. The smallest absolute Gasteiger partial charge is 0.253 e. The number of nitrogens with zero attached hydrogens (tertiary/aromatic N) is 2. The average Bonchev–Trinajstić information content (AvgIpc) is 2.85. The van der Waals surface area contributed by atoms with E-state index in [9.17, 15) is 14.7 Å². The molecule has 3 aromatic rings. The van der Waals surface area contributed by atoms with Gasteiger partial charge >= 0.3 is 0 Å². The molecule has 0 aromatic heterocycles. The fourth-order valence-electron chi connectivity index (χ4n) is 3.95. The Balaban J connectivity index is 1.34. The number of benzene rings is 3. The van der Waals surface area contributed by atoms with Crippen LogP contribution in [-0.2, 0) is 4.79 Å². The molecule has 2 amide bonds. The number of ether oxygens (including phenoxy) is 1. The third kappa shape index (κ3) is 4.56. The van der Waals surface area contributed by atoms with E-state index in [1.54, 1.807) is 42.3 Å². The highest BCUT2D eigenvalue weighted by Gasteiger charge is 2.27. The Bertz CT molecular complexity index is 1170. The molecule has 1 heterocycles. The number of carbonyl (C=O) groups is 2. The molecule has 164 valence electrons. The maximum Gasteiger partial charge on any atom is 0.253 e. The molecule has 0 bridgehead atoms. The third-order valence-corrected chi connectivity index (χ3v) is 5.79. The summed E-state index contributed by atoms with van der Waals surface area (Å²) in [5.74, 6) is 0.274. The molecule has 0 aliphatic carbocycles. The second-order valence-corrected chi connectivity index (χ2v) is 7.75. The van der Waals surface area contributed by atoms with Gasteiger partial charge in [0.2, 0.25) is 5.91 Å².